The zero-order valence-corrected chi connectivity index (χ0v) is 15.4. The summed E-state index contributed by atoms with van der Waals surface area (Å²) in [5.74, 6) is 0.626. The summed E-state index contributed by atoms with van der Waals surface area (Å²) < 4.78 is 9.41. The molecule has 5 aromatic rings. The van der Waals surface area contributed by atoms with E-state index in [0.717, 1.165) is 33.4 Å². The normalized spacial score (nSPS) is 11.0. The Morgan fingerprint density at radius 3 is 2.32 bits per heavy atom. The number of fused-ring (bicyclic) bond motifs is 1. The summed E-state index contributed by atoms with van der Waals surface area (Å²) in [4.78, 5) is 4.10. The van der Waals surface area contributed by atoms with Crippen molar-refractivity contribution in [2.45, 2.75) is 0 Å². The Morgan fingerprint density at radius 2 is 1.61 bits per heavy atom. The van der Waals surface area contributed by atoms with Crippen molar-refractivity contribution >= 4 is 10.9 Å². The molecular formula is C23H18N4O. The first-order valence-corrected chi connectivity index (χ1v) is 9.04. The number of hydrogen-bond donors (Lipinski definition) is 0. The Hall–Kier alpha value is -3.86. The van der Waals surface area contributed by atoms with Crippen LogP contribution in [0.1, 0.15) is 0 Å². The summed E-state index contributed by atoms with van der Waals surface area (Å²) >= 11 is 0. The second kappa shape index (κ2) is 6.70. The van der Waals surface area contributed by atoms with Gasteiger partial charge < -0.3 is 9.30 Å². The van der Waals surface area contributed by atoms with Crippen molar-refractivity contribution < 1.29 is 4.74 Å². The van der Waals surface area contributed by atoms with Gasteiger partial charge in [-0.3, -0.25) is 0 Å². The quantitative estimate of drug-likeness (QED) is 0.455. The molecule has 0 fully saturated rings. The maximum Gasteiger partial charge on any atom is 0.240 e. The molecule has 0 atom stereocenters. The number of para-hydroxylation sites is 1. The largest absolute Gasteiger partial charge is 0.479 e. The fraction of sp³-hybridized carbons (Fsp3) is 0.0435. The third-order valence-corrected chi connectivity index (χ3v) is 4.84. The molecular weight excluding hydrogens is 348 g/mol. The van der Waals surface area contributed by atoms with E-state index in [-0.39, 0.29) is 0 Å². The second-order valence-electron chi connectivity index (χ2n) is 6.51. The van der Waals surface area contributed by atoms with Gasteiger partial charge in [-0.15, -0.1) is 5.10 Å². The average Bonchev–Trinajstić information content (AvgIpc) is 3.42. The van der Waals surface area contributed by atoms with Crippen LogP contribution in [-0.4, -0.2) is 26.4 Å². The van der Waals surface area contributed by atoms with E-state index in [4.69, 9.17) is 4.74 Å². The van der Waals surface area contributed by atoms with Gasteiger partial charge in [-0.2, -0.15) is 0 Å². The van der Waals surface area contributed by atoms with Gasteiger partial charge in [0.2, 0.25) is 5.88 Å². The Bertz CT molecular complexity index is 1220. The van der Waals surface area contributed by atoms with Gasteiger partial charge in [0, 0.05) is 18.1 Å². The smallest absolute Gasteiger partial charge is 0.240 e. The molecule has 3 aromatic carbocycles. The van der Waals surface area contributed by atoms with Crippen LogP contribution < -0.4 is 4.74 Å². The predicted octanol–water partition coefficient (Wildman–Crippen LogP) is 4.89. The highest BCUT2D eigenvalue weighted by Crippen LogP contribution is 2.31. The molecule has 0 aliphatic heterocycles. The van der Waals surface area contributed by atoms with E-state index < -0.39 is 0 Å². The van der Waals surface area contributed by atoms with Gasteiger partial charge in [0.15, 0.2) is 0 Å². The minimum Gasteiger partial charge on any atom is -0.479 e. The standard InChI is InChI=1S/C23H18N4O/c1-28-23-21-12-9-18(15-22(21)27(25-23)20-5-3-2-4-6-20)17-7-10-19(11-8-17)26-14-13-24-16-26/h2-16H,1H3. The van der Waals surface area contributed by atoms with E-state index in [2.05, 4.69) is 52.5 Å². The molecule has 5 nitrogen and oxygen atoms in total. The van der Waals surface area contributed by atoms with E-state index in [1.807, 2.05) is 45.8 Å². The van der Waals surface area contributed by atoms with Crippen molar-refractivity contribution in [2.75, 3.05) is 7.11 Å². The summed E-state index contributed by atoms with van der Waals surface area (Å²) in [7, 11) is 1.65. The van der Waals surface area contributed by atoms with Crippen LogP contribution in [0.4, 0.5) is 0 Å². The highest BCUT2D eigenvalue weighted by atomic mass is 16.5. The van der Waals surface area contributed by atoms with Gasteiger partial charge in [-0.05, 0) is 47.5 Å². The van der Waals surface area contributed by atoms with Crippen LogP contribution in [0.3, 0.4) is 0 Å². The number of hydrogen-bond acceptors (Lipinski definition) is 3. The Labute approximate surface area is 162 Å². The Morgan fingerprint density at radius 1 is 0.821 bits per heavy atom. The van der Waals surface area contributed by atoms with Crippen molar-refractivity contribution in [2.24, 2.45) is 0 Å². The fourth-order valence-electron chi connectivity index (χ4n) is 3.42. The summed E-state index contributed by atoms with van der Waals surface area (Å²) in [6.07, 6.45) is 5.51. The zero-order chi connectivity index (χ0) is 18.9. The van der Waals surface area contributed by atoms with Gasteiger partial charge in [0.25, 0.3) is 0 Å². The minimum absolute atomic E-state index is 0.626. The van der Waals surface area contributed by atoms with Crippen molar-refractivity contribution in [1.82, 2.24) is 19.3 Å². The van der Waals surface area contributed by atoms with Gasteiger partial charge in [0.05, 0.1) is 30.0 Å². The van der Waals surface area contributed by atoms with E-state index in [1.165, 1.54) is 0 Å². The molecule has 0 saturated heterocycles. The molecule has 5 rings (SSSR count). The number of imidazole rings is 1. The SMILES string of the molecule is COc1nn(-c2ccccc2)c2cc(-c3ccc(-n4ccnc4)cc3)ccc12. The number of methoxy groups -OCH3 is 1. The Balaban J connectivity index is 1.61. The van der Waals surface area contributed by atoms with E-state index in [1.54, 1.807) is 19.6 Å². The molecule has 5 heteroatoms. The molecule has 0 amide bonds. The molecule has 0 N–H and O–H groups in total. The highest BCUT2D eigenvalue weighted by Gasteiger charge is 2.13. The molecule has 0 unspecified atom stereocenters. The topological polar surface area (TPSA) is 44.9 Å². The van der Waals surface area contributed by atoms with Crippen molar-refractivity contribution in [3.63, 3.8) is 0 Å². The van der Waals surface area contributed by atoms with Crippen molar-refractivity contribution in [3.8, 4) is 28.4 Å². The molecule has 0 radical (unpaired) electrons. The van der Waals surface area contributed by atoms with Crippen molar-refractivity contribution in [1.29, 1.82) is 0 Å². The lowest BCUT2D eigenvalue weighted by Crippen LogP contribution is -1.96. The molecule has 0 saturated carbocycles. The van der Waals surface area contributed by atoms with Gasteiger partial charge in [-0.25, -0.2) is 9.67 Å². The van der Waals surface area contributed by atoms with Crippen LogP contribution in [-0.2, 0) is 0 Å². The fourth-order valence-corrected chi connectivity index (χ4v) is 3.42. The van der Waals surface area contributed by atoms with Gasteiger partial charge >= 0.3 is 0 Å². The third kappa shape index (κ3) is 2.74. The lowest BCUT2D eigenvalue weighted by Gasteiger charge is -2.07. The number of nitrogens with zero attached hydrogens (tertiary/aromatic N) is 4. The predicted molar refractivity (Wildman–Crippen MR) is 110 cm³/mol. The zero-order valence-electron chi connectivity index (χ0n) is 15.4. The molecule has 0 aliphatic carbocycles. The first-order valence-electron chi connectivity index (χ1n) is 9.04. The summed E-state index contributed by atoms with van der Waals surface area (Å²) in [6.45, 7) is 0. The van der Waals surface area contributed by atoms with Gasteiger partial charge in [-0.1, -0.05) is 36.4 Å². The first-order chi connectivity index (χ1) is 13.8. The first kappa shape index (κ1) is 16.3. The Kier molecular flexibility index (Phi) is 3.91. The lowest BCUT2D eigenvalue weighted by atomic mass is 10.0. The van der Waals surface area contributed by atoms with Crippen LogP contribution >= 0.6 is 0 Å². The van der Waals surface area contributed by atoms with Crippen molar-refractivity contribution in [3.05, 3.63) is 91.5 Å². The molecule has 0 spiro atoms. The minimum atomic E-state index is 0.626. The maximum atomic E-state index is 5.49. The van der Waals surface area contributed by atoms with Crippen LogP contribution in [0.2, 0.25) is 0 Å². The monoisotopic (exact) mass is 366 g/mol. The number of ether oxygens (including phenoxy) is 1. The number of rotatable bonds is 4. The number of aromatic nitrogens is 4. The van der Waals surface area contributed by atoms with Crippen LogP contribution in [0.25, 0.3) is 33.4 Å². The van der Waals surface area contributed by atoms with E-state index in [0.29, 0.717) is 5.88 Å². The molecule has 2 heterocycles. The molecule has 0 bridgehead atoms. The van der Waals surface area contributed by atoms with E-state index in [9.17, 15) is 0 Å². The summed E-state index contributed by atoms with van der Waals surface area (Å²) in [5, 5.41) is 5.64. The summed E-state index contributed by atoms with van der Waals surface area (Å²) in [5.41, 5.74) is 5.37. The molecule has 2 aromatic heterocycles. The highest BCUT2D eigenvalue weighted by molar-refractivity contribution is 5.90. The third-order valence-electron chi connectivity index (χ3n) is 4.84. The molecule has 28 heavy (non-hydrogen) atoms. The van der Waals surface area contributed by atoms with E-state index >= 15 is 0 Å². The lowest BCUT2D eigenvalue weighted by molar-refractivity contribution is 0.398. The maximum absolute atomic E-state index is 5.49. The van der Waals surface area contributed by atoms with Crippen LogP contribution in [0.5, 0.6) is 5.88 Å². The second-order valence-corrected chi connectivity index (χ2v) is 6.51. The number of benzene rings is 3. The molecule has 0 aliphatic rings. The molecule has 136 valence electrons. The van der Waals surface area contributed by atoms with Gasteiger partial charge in [0.1, 0.15) is 0 Å². The summed E-state index contributed by atoms with van der Waals surface area (Å²) in [6, 6.07) is 24.9. The van der Waals surface area contributed by atoms with Crippen LogP contribution in [0, 0.1) is 0 Å². The van der Waals surface area contributed by atoms with Crippen LogP contribution in [0.15, 0.2) is 91.5 Å². The average molecular weight is 366 g/mol.